The van der Waals surface area contributed by atoms with E-state index >= 15 is 0 Å². The molecule has 2 aromatic rings. The number of nitrogens with one attached hydrogen (secondary N) is 1. The van der Waals surface area contributed by atoms with Crippen LogP contribution in [0.4, 0.5) is 4.39 Å². The summed E-state index contributed by atoms with van der Waals surface area (Å²) in [4.78, 5) is 1.05. The van der Waals surface area contributed by atoms with Gasteiger partial charge in [-0.1, -0.05) is 13.0 Å². The van der Waals surface area contributed by atoms with Crippen molar-refractivity contribution in [2.24, 2.45) is 0 Å². The molecule has 0 atom stereocenters. The lowest BCUT2D eigenvalue weighted by atomic mass is 10.2. The topological polar surface area (TPSA) is 21.3 Å². The third kappa shape index (κ3) is 4.03. The van der Waals surface area contributed by atoms with Crippen LogP contribution in [0.5, 0.6) is 5.75 Å². The van der Waals surface area contributed by atoms with E-state index in [9.17, 15) is 4.39 Å². The van der Waals surface area contributed by atoms with Crippen molar-refractivity contribution in [1.82, 2.24) is 5.32 Å². The molecular weight excluding hydrogens is 329 g/mol. The van der Waals surface area contributed by atoms with Gasteiger partial charge in [-0.15, -0.1) is 11.3 Å². The summed E-state index contributed by atoms with van der Waals surface area (Å²) in [5.41, 5.74) is 0.920. The molecule has 0 fully saturated rings. The van der Waals surface area contributed by atoms with Crippen molar-refractivity contribution in [2.45, 2.75) is 20.1 Å². The van der Waals surface area contributed by atoms with Crippen LogP contribution in [0.3, 0.4) is 0 Å². The van der Waals surface area contributed by atoms with Crippen molar-refractivity contribution in [1.29, 1.82) is 0 Å². The van der Waals surface area contributed by atoms with Crippen molar-refractivity contribution in [3.8, 4) is 5.75 Å². The molecule has 0 spiro atoms. The minimum absolute atomic E-state index is 0.292. The van der Waals surface area contributed by atoms with Crippen LogP contribution in [0, 0.1) is 5.82 Å². The predicted molar refractivity (Wildman–Crippen MR) is 80.1 cm³/mol. The Morgan fingerprint density at radius 3 is 2.84 bits per heavy atom. The predicted octanol–water partition coefficient (Wildman–Crippen LogP) is 4.34. The van der Waals surface area contributed by atoms with Crippen molar-refractivity contribution in [3.63, 3.8) is 0 Å². The maximum Gasteiger partial charge on any atom is 0.165 e. The van der Waals surface area contributed by atoms with E-state index in [1.54, 1.807) is 17.4 Å². The normalized spacial score (nSPS) is 10.7. The molecule has 1 aromatic carbocycles. The SMILES string of the molecule is CCNCc1ccc(OCc2sccc2Br)c(F)c1. The zero-order chi connectivity index (χ0) is 13.7. The monoisotopic (exact) mass is 343 g/mol. The number of hydrogen-bond donors (Lipinski definition) is 1. The van der Waals surface area contributed by atoms with E-state index in [1.165, 1.54) is 6.07 Å². The highest BCUT2D eigenvalue weighted by atomic mass is 79.9. The minimum atomic E-state index is -0.317. The van der Waals surface area contributed by atoms with E-state index in [1.807, 2.05) is 24.4 Å². The van der Waals surface area contributed by atoms with Crippen LogP contribution in [0.1, 0.15) is 17.4 Å². The van der Waals surface area contributed by atoms with Crippen LogP contribution in [-0.4, -0.2) is 6.54 Å². The molecule has 0 unspecified atom stereocenters. The van der Waals surface area contributed by atoms with Gasteiger partial charge >= 0.3 is 0 Å². The van der Waals surface area contributed by atoms with E-state index in [-0.39, 0.29) is 5.82 Å². The fourth-order valence-electron chi connectivity index (χ4n) is 1.61. The highest BCUT2D eigenvalue weighted by Crippen LogP contribution is 2.25. The summed E-state index contributed by atoms with van der Waals surface area (Å²) < 4.78 is 20.4. The second kappa shape index (κ2) is 7.03. The van der Waals surface area contributed by atoms with Gasteiger partial charge in [0.15, 0.2) is 11.6 Å². The summed E-state index contributed by atoms with van der Waals surface area (Å²) >= 11 is 5.01. The Labute approximate surface area is 124 Å². The van der Waals surface area contributed by atoms with E-state index in [0.29, 0.717) is 18.9 Å². The molecule has 0 aliphatic carbocycles. The molecule has 2 rings (SSSR count). The third-order valence-electron chi connectivity index (χ3n) is 2.63. The number of benzene rings is 1. The number of halogens is 2. The molecule has 1 aromatic heterocycles. The van der Waals surface area contributed by atoms with Gasteiger partial charge in [0.05, 0.1) is 4.88 Å². The Morgan fingerprint density at radius 1 is 1.37 bits per heavy atom. The Hall–Kier alpha value is -0.910. The first-order chi connectivity index (χ1) is 9.20. The second-order valence-corrected chi connectivity index (χ2v) is 5.88. The molecule has 5 heteroatoms. The quantitative estimate of drug-likeness (QED) is 0.842. The third-order valence-corrected chi connectivity index (χ3v) is 4.53. The first-order valence-electron chi connectivity index (χ1n) is 6.04. The zero-order valence-electron chi connectivity index (χ0n) is 10.6. The largest absolute Gasteiger partial charge is 0.485 e. The molecular formula is C14H15BrFNOS. The van der Waals surface area contributed by atoms with Crippen molar-refractivity contribution < 1.29 is 9.13 Å². The summed E-state index contributed by atoms with van der Waals surface area (Å²) in [6.45, 7) is 3.94. The average molecular weight is 344 g/mol. The van der Waals surface area contributed by atoms with Crippen LogP contribution in [0.15, 0.2) is 34.1 Å². The number of ether oxygens (including phenoxy) is 1. The van der Waals surface area contributed by atoms with E-state index in [4.69, 9.17) is 4.74 Å². The van der Waals surface area contributed by atoms with Crippen molar-refractivity contribution >= 4 is 27.3 Å². The van der Waals surface area contributed by atoms with E-state index in [2.05, 4.69) is 21.2 Å². The Bertz CT molecular complexity index is 544. The molecule has 19 heavy (non-hydrogen) atoms. The van der Waals surface area contributed by atoms with Gasteiger partial charge in [-0.3, -0.25) is 0 Å². The van der Waals surface area contributed by atoms with Gasteiger partial charge in [-0.25, -0.2) is 4.39 Å². The van der Waals surface area contributed by atoms with Crippen LogP contribution >= 0.6 is 27.3 Å². The Kier molecular flexibility index (Phi) is 5.36. The van der Waals surface area contributed by atoms with E-state index in [0.717, 1.165) is 21.5 Å². The fourth-order valence-corrected chi connectivity index (χ4v) is 2.99. The number of thiophene rings is 1. The molecule has 102 valence electrons. The molecule has 0 aliphatic rings. The Morgan fingerprint density at radius 2 is 2.21 bits per heavy atom. The van der Waals surface area contributed by atoms with Gasteiger partial charge in [-0.2, -0.15) is 0 Å². The number of rotatable bonds is 6. The lowest BCUT2D eigenvalue weighted by molar-refractivity contribution is 0.292. The van der Waals surface area contributed by atoms with Crippen molar-refractivity contribution in [3.05, 3.63) is 50.4 Å². The summed E-state index contributed by atoms with van der Waals surface area (Å²) in [5.74, 6) is -0.0244. The standard InChI is InChI=1S/C14H15BrFNOS/c1-2-17-8-10-3-4-13(12(16)7-10)18-9-14-11(15)5-6-19-14/h3-7,17H,2,8-9H2,1H3. The van der Waals surface area contributed by atoms with Crippen molar-refractivity contribution in [2.75, 3.05) is 6.54 Å². The van der Waals surface area contributed by atoms with Crippen LogP contribution in [-0.2, 0) is 13.2 Å². The van der Waals surface area contributed by atoms with Gasteiger partial charge in [0.1, 0.15) is 6.61 Å². The maximum atomic E-state index is 13.8. The van der Waals surface area contributed by atoms with Gasteiger partial charge < -0.3 is 10.1 Å². The molecule has 1 N–H and O–H groups in total. The van der Waals surface area contributed by atoms with Gasteiger partial charge in [0, 0.05) is 11.0 Å². The lowest BCUT2D eigenvalue weighted by Gasteiger charge is -2.08. The molecule has 0 radical (unpaired) electrons. The summed E-state index contributed by atoms with van der Waals surface area (Å²) in [6.07, 6.45) is 0. The highest BCUT2D eigenvalue weighted by molar-refractivity contribution is 9.10. The Balaban J connectivity index is 1.99. The highest BCUT2D eigenvalue weighted by Gasteiger charge is 2.07. The molecule has 0 bridgehead atoms. The van der Waals surface area contributed by atoms with Crippen LogP contribution < -0.4 is 10.1 Å². The molecule has 1 heterocycles. The van der Waals surface area contributed by atoms with Gasteiger partial charge in [-0.05, 0) is 51.6 Å². The summed E-state index contributed by atoms with van der Waals surface area (Å²) in [7, 11) is 0. The molecule has 0 aliphatic heterocycles. The maximum absolute atomic E-state index is 13.8. The minimum Gasteiger partial charge on any atom is -0.485 e. The molecule has 2 nitrogen and oxygen atoms in total. The first kappa shape index (κ1) is 14.5. The molecule has 0 amide bonds. The summed E-state index contributed by atoms with van der Waals surface area (Å²) in [6, 6.07) is 7.04. The first-order valence-corrected chi connectivity index (χ1v) is 7.71. The molecule has 0 saturated carbocycles. The lowest BCUT2D eigenvalue weighted by Crippen LogP contribution is -2.11. The summed E-state index contributed by atoms with van der Waals surface area (Å²) in [5, 5.41) is 5.13. The second-order valence-electron chi connectivity index (χ2n) is 4.03. The molecule has 0 saturated heterocycles. The van der Waals surface area contributed by atoms with E-state index < -0.39 is 0 Å². The smallest absolute Gasteiger partial charge is 0.165 e. The van der Waals surface area contributed by atoms with Gasteiger partial charge in [0.2, 0.25) is 0 Å². The fraction of sp³-hybridized carbons (Fsp3) is 0.286. The number of hydrogen-bond acceptors (Lipinski definition) is 3. The van der Waals surface area contributed by atoms with Crippen LogP contribution in [0.2, 0.25) is 0 Å². The van der Waals surface area contributed by atoms with Gasteiger partial charge in [0.25, 0.3) is 0 Å². The van der Waals surface area contributed by atoms with Crippen LogP contribution in [0.25, 0.3) is 0 Å². The average Bonchev–Trinajstić information content (AvgIpc) is 2.81. The zero-order valence-corrected chi connectivity index (χ0v) is 13.0.